The molecule has 120 valence electrons. The van der Waals surface area contributed by atoms with E-state index in [1.54, 1.807) is 12.0 Å². The van der Waals surface area contributed by atoms with Crippen molar-refractivity contribution >= 4 is 11.8 Å². The number of hydrogen-bond acceptors (Lipinski definition) is 3. The summed E-state index contributed by atoms with van der Waals surface area (Å²) in [5.41, 5.74) is 0. The zero-order valence-electron chi connectivity index (χ0n) is 13.4. The summed E-state index contributed by atoms with van der Waals surface area (Å²) in [5, 5.41) is 2.91. The number of hydrogen-bond donors (Lipinski definition) is 1. The Hall–Kier alpha value is -1.10. The lowest BCUT2D eigenvalue weighted by Gasteiger charge is -2.44. The summed E-state index contributed by atoms with van der Waals surface area (Å²) < 4.78 is 5.32. The quantitative estimate of drug-likeness (QED) is 0.840. The molecular formula is C16H28N2O3. The van der Waals surface area contributed by atoms with Gasteiger partial charge >= 0.3 is 0 Å². The molecular weight excluding hydrogens is 268 g/mol. The maximum absolute atomic E-state index is 12.7. The molecule has 1 heterocycles. The second-order valence-electron chi connectivity index (χ2n) is 6.35. The number of carbonyl (C=O) groups is 2. The van der Waals surface area contributed by atoms with Crippen molar-refractivity contribution in [2.45, 2.75) is 70.6 Å². The number of carbonyl (C=O) groups excluding carboxylic acids is 2. The second kappa shape index (κ2) is 7.25. The summed E-state index contributed by atoms with van der Waals surface area (Å²) in [4.78, 5) is 27.0. The van der Waals surface area contributed by atoms with Crippen molar-refractivity contribution in [3.63, 3.8) is 0 Å². The van der Waals surface area contributed by atoms with E-state index in [1.807, 2.05) is 13.8 Å². The topological polar surface area (TPSA) is 58.6 Å². The SMILES string of the molecule is CCC1NC(=O)C(C2CCCCC2)N(CC(C)OC)C1=O. The van der Waals surface area contributed by atoms with Gasteiger partial charge in [-0.2, -0.15) is 0 Å². The number of nitrogens with one attached hydrogen (secondary N) is 1. The molecule has 1 saturated carbocycles. The van der Waals surface area contributed by atoms with E-state index in [1.165, 1.54) is 6.42 Å². The average Bonchev–Trinajstić information content (AvgIpc) is 2.51. The lowest BCUT2D eigenvalue weighted by Crippen LogP contribution is -2.66. The van der Waals surface area contributed by atoms with Gasteiger partial charge in [-0.3, -0.25) is 9.59 Å². The van der Waals surface area contributed by atoms with Gasteiger partial charge in [0.25, 0.3) is 0 Å². The van der Waals surface area contributed by atoms with Gasteiger partial charge in [0.1, 0.15) is 12.1 Å². The molecule has 0 bridgehead atoms. The van der Waals surface area contributed by atoms with Crippen LogP contribution < -0.4 is 5.32 Å². The van der Waals surface area contributed by atoms with Gasteiger partial charge in [0.05, 0.1) is 6.10 Å². The molecule has 2 rings (SSSR count). The van der Waals surface area contributed by atoms with E-state index in [0.717, 1.165) is 25.7 Å². The first-order valence-electron chi connectivity index (χ1n) is 8.22. The molecule has 1 N–H and O–H groups in total. The summed E-state index contributed by atoms with van der Waals surface area (Å²) in [5.74, 6) is 0.373. The first kappa shape index (κ1) is 16.3. The predicted octanol–water partition coefficient (Wildman–Crippen LogP) is 1.71. The van der Waals surface area contributed by atoms with Crippen LogP contribution in [-0.2, 0) is 14.3 Å². The molecule has 21 heavy (non-hydrogen) atoms. The highest BCUT2D eigenvalue weighted by Crippen LogP contribution is 2.31. The van der Waals surface area contributed by atoms with Crippen LogP contribution in [0.3, 0.4) is 0 Å². The monoisotopic (exact) mass is 296 g/mol. The molecule has 3 unspecified atom stereocenters. The van der Waals surface area contributed by atoms with E-state index in [0.29, 0.717) is 18.9 Å². The molecule has 1 saturated heterocycles. The van der Waals surface area contributed by atoms with Crippen LogP contribution in [0.15, 0.2) is 0 Å². The van der Waals surface area contributed by atoms with E-state index < -0.39 is 0 Å². The van der Waals surface area contributed by atoms with E-state index >= 15 is 0 Å². The van der Waals surface area contributed by atoms with Gasteiger partial charge in [-0.25, -0.2) is 0 Å². The molecule has 0 aromatic carbocycles. The van der Waals surface area contributed by atoms with Gasteiger partial charge in [0, 0.05) is 13.7 Å². The molecule has 3 atom stereocenters. The minimum atomic E-state index is -0.374. The fourth-order valence-electron chi connectivity index (χ4n) is 3.55. The Morgan fingerprint density at radius 3 is 2.52 bits per heavy atom. The van der Waals surface area contributed by atoms with Gasteiger partial charge in [-0.05, 0) is 32.1 Å². The molecule has 0 aromatic heterocycles. The predicted molar refractivity (Wildman–Crippen MR) is 80.8 cm³/mol. The van der Waals surface area contributed by atoms with E-state index in [4.69, 9.17) is 4.74 Å². The van der Waals surface area contributed by atoms with Crippen LogP contribution in [0.25, 0.3) is 0 Å². The van der Waals surface area contributed by atoms with Crippen LogP contribution in [0.4, 0.5) is 0 Å². The highest BCUT2D eigenvalue weighted by atomic mass is 16.5. The van der Waals surface area contributed by atoms with Crippen molar-refractivity contribution in [1.82, 2.24) is 10.2 Å². The Balaban J connectivity index is 2.19. The van der Waals surface area contributed by atoms with Crippen LogP contribution in [-0.4, -0.2) is 48.6 Å². The Labute approximate surface area is 127 Å². The molecule has 5 heteroatoms. The Bertz CT molecular complexity index is 380. The molecule has 0 aromatic rings. The van der Waals surface area contributed by atoms with Crippen LogP contribution in [0.1, 0.15) is 52.4 Å². The van der Waals surface area contributed by atoms with Gasteiger partial charge in [-0.15, -0.1) is 0 Å². The summed E-state index contributed by atoms with van der Waals surface area (Å²) in [7, 11) is 1.64. The third-order valence-corrected chi connectivity index (χ3v) is 4.86. The largest absolute Gasteiger partial charge is 0.380 e. The number of methoxy groups -OCH3 is 1. The Morgan fingerprint density at radius 1 is 1.29 bits per heavy atom. The van der Waals surface area contributed by atoms with Crippen LogP contribution in [0.2, 0.25) is 0 Å². The lowest BCUT2D eigenvalue weighted by atomic mass is 9.81. The molecule has 2 aliphatic rings. The molecule has 1 aliphatic heterocycles. The zero-order valence-corrected chi connectivity index (χ0v) is 13.4. The van der Waals surface area contributed by atoms with Crippen LogP contribution in [0, 0.1) is 5.92 Å². The molecule has 2 fully saturated rings. The highest BCUT2D eigenvalue weighted by Gasteiger charge is 2.44. The van der Waals surface area contributed by atoms with Gasteiger partial charge in [0.15, 0.2) is 0 Å². The first-order chi connectivity index (χ1) is 10.1. The van der Waals surface area contributed by atoms with Crippen LogP contribution in [0.5, 0.6) is 0 Å². The maximum atomic E-state index is 12.7. The number of ether oxygens (including phenoxy) is 1. The summed E-state index contributed by atoms with van der Waals surface area (Å²) in [6.45, 7) is 4.38. The summed E-state index contributed by atoms with van der Waals surface area (Å²) in [6.07, 6.45) is 6.23. The molecule has 1 aliphatic carbocycles. The Kier molecular flexibility index (Phi) is 5.62. The van der Waals surface area contributed by atoms with Gasteiger partial charge in [0.2, 0.25) is 11.8 Å². The minimum absolute atomic E-state index is 0.0247. The smallest absolute Gasteiger partial charge is 0.245 e. The molecule has 0 spiro atoms. The van der Waals surface area contributed by atoms with Crippen molar-refractivity contribution < 1.29 is 14.3 Å². The standard InChI is InChI=1S/C16H28N2O3/c1-4-13-16(20)18(10-11(2)21-3)14(15(19)17-13)12-8-6-5-7-9-12/h11-14H,4-10H2,1-3H3,(H,17,19). The van der Waals surface area contributed by atoms with Crippen molar-refractivity contribution in [3.8, 4) is 0 Å². The van der Waals surface area contributed by atoms with Crippen molar-refractivity contribution in [2.75, 3.05) is 13.7 Å². The highest BCUT2D eigenvalue weighted by molar-refractivity contribution is 5.97. The lowest BCUT2D eigenvalue weighted by molar-refractivity contribution is -0.154. The average molecular weight is 296 g/mol. The van der Waals surface area contributed by atoms with Gasteiger partial charge < -0.3 is 15.0 Å². The van der Waals surface area contributed by atoms with Crippen molar-refractivity contribution in [2.24, 2.45) is 5.92 Å². The van der Waals surface area contributed by atoms with E-state index in [2.05, 4.69) is 5.32 Å². The second-order valence-corrected chi connectivity index (χ2v) is 6.35. The molecule has 5 nitrogen and oxygen atoms in total. The number of rotatable bonds is 5. The maximum Gasteiger partial charge on any atom is 0.245 e. The fraction of sp³-hybridized carbons (Fsp3) is 0.875. The first-order valence-corrected chi connectivity index (χ1v) is 8.22. The number of piperazine rings is 1. The summed E-state index contributed by atoms with van der Waals surface area (Å²) in [6, 6.07) is -0.681. The number of nitrogens with zero attached hydrogens (tertiary/aromatic N) is 1. The normalized spacial score (nSPS) is 29.4. The van der Waals surface area contributed by atoms with Crippen molar-refractivity contribution in [1.29, 1.82) is 0 Å². The third kappa shape index (κ3) is 3.57. The molecule has 0 radical (unpaired) electrons. The minimum Gasteiger partial charge on any atom is -0.380 e. The number of amides is 2. The fourth-order valence-corrected chi connectivity index (χ4v) is 3.55. The van der Waals surface area contributed by atoms with Crippen molar-refractivity contribution in [3.05, 3.63) is 0 Å². The summed E-state index contributed by atoms with van der Waals surface area (Å²) >= 11 is 0. The third-order valence-electron chi connectivity index (χ3n) is 4.86. The van der Waals surface area contributed by atoms with Crippen LogP contribution >= 0.6 is 0 Å². The molecule has 2 amide bonds. The zero-order chi connectivity index (χ0) is 15.4. The Morgan fingerprint density at radius 2 is 1.95 bits per heavy atom. The van der Waals surface area contributed by atoms with E-state index in [9.17, 15) is 9.59 Å². The van der Waals surface area contributed by atoms with E-state index in [-0.39, 0.29) is 30.0 Å². The van der Waals surface area contributed by atoms with Gasteiger partial charge in [-0.1, -0.05) is 26.2 Å².